The maximum absolute atomic E-state index is 11.7. The Morgan fingerprint density at radius 1 is 1.22 bits per heavy atom. The van der Waals surface area contributed by atoms with Crippen LogP contribution in [0.3, 0.4) is 0 Å². The minimum Gasteiger partial charge on any atom is -0.358 e. The highest BCUT2D eigenvalue weighted by Crippen LogP contribution is 2.21. The fourth-order valence-electron chi connectivity index (χ4n) is 2.86. The summed E-state index contributed by atoms with van der Waals surface area (Å²) in [6.45, 7) is 2.12. The van der Waals surface area contributed by atoms with Gasteiger partial charge in [0.2, 0.25) is 0 Å². The first-order valence-electron chi connectivity index (χ1n) is 7.60. The molecule has 0 spiro atoms. The normalized spacial score (nSPS) is 15.8. The summed E-state index contributed by atoms with van der Waals surface area (Å²) in [5.41, 5.74) is -0.761. The molecule has 0 saturated carbocycles. The van der Waals surface area contributed by atoms with Crippen molar-refractivity contribution in [2.75, 3.05) is 18.0 Å². The number of aromatic amines is 1. The topological polar surface area (TPSA) is 93.0 Å². The molecule has 122 valence electrons. The zero-order chi connectivity index (χ0) is 16.4. The predicted octanol–water partition coefficient (Wildman–Crippen LogP) is -0.453. The molecule has 0 radical (unpaired) electrons. The lowest BCUT2D eigenvalue weighted by Gasteiger charge is -2.33. The van der Waals surface area contributed by atoms with Crippen LogP contribution in [0.25, 0.3) is 0 Å². The van der Waals surface area contributed by atoms with Crippen LogP contribution in [0.5, 0.6) is 0 Å². The van der Waals surface area contributed by atoms with Gasteiger partial charge in [0.25, 0.3) is 11.1 Å². The molecule has 0 aromatic carbocycles. The van der Waals surface area contributed by atoms with E-state index in [1.165, 1.54) is 25.4 Å². The van der Waals surface area contributed by atoms with Crippen molar-refractivity contribution in [3.05, 3.63) is 55.8 Å². The van der Waals surface area contributed by atoms with Crippen molar-refractivity contribution in [2.24, 2.45) is 13.0 Å². The van der Waals surface area contributed by atoms with Crippen LogP contribution in [0.2, 0.25) is 0 Å². The van der Waals surface area contributed by atoms with Crippen LogP contribution in [0.15, 0.2) is 39.0 Å². The van der Waals surface area contributed by atoms with E-state index in [-0.39, 0.29) is 11.1 Å². The SMILES string of the molecule is Cn1c(=O)cc(N2CCC(Cn3cnccc3=O)CC2)[nH]c1=O. The largest absolute Gasteiger partial charge is 0.358 e. The molecule has 0 bridgehead atoms. The molecule has 8 heteroatoms. The lowest BCUT2D eigenvalue weighted by molar-refractivity contribution is 0.350. The van der Waals surface area contributed by atoms with E-state index in [0.717, 1.165) is 30.5 Å². The van der Waals surface area contributed by atoms with Crippen LogP contribution in [0.1, 0.15) is 12.8 Å². The quantitative estimate of drug-likeness (QED) is 0.827. The molecule has 1 saturated heterocycles. The number of piperidine rings is 1. The van der Waals surface area contributed by atoms with Crippen LogP contribution in [0, 0.1) is 5.92 Å². The molecule has 0 amide bonds. The van der Waals surface area contributed by atoms with Gasteiger partial charge in [0.1, 0.15) is 5.82 Å². The Hall–Kier alpha value is -2.64. The Morgan fingerprint density at radius 2 is 1.96 bits per heavy atom. The fourth-order valence-corrected chi connectivity index (χ4v) is 2.86. The maximum Gasteiger partial charge on any atom is 0.329 e. The zero-order valence-corrected chi connectivity index (χ0v) is 12.9. The molecule has 3 rings (SSSR count). The number of anilines is 1. The minimum absolute atomic E-state index is 0.0432. The molecule has 1 aliphatic rings. The molecule has 1 fully saturated rings. The molecule has 23 heavy (non-hydrogen) atoms. The van der Waals surface area contributed by atoms with Crippen LogP contribution in [0.4, 0.5) is 5.82 Å². The van der Waals surface area contributed by atoms with Gasteiger partial charge in [-0.1, -0.05) is 0 Å². The van der Waals surface area contributed by atoms with Crippen LogP contribution >= 0.6 is 0 Å². The molecular weight excluding hydrogens is 298 g/mol. The molecule has 2 aromatic rings. The van der Waals surface area contributed by atoms with Crippen molar-refractivity contribution in [1.29, 1.82) is 0 Å². The third kappa shape index (κ3) is 3.25. The van der Waals surface area contributed by atoms with Crippen LogP contribution < -0.4 is 21.7 Å². The Bertz CT molecular complexity index is 827. The molecule has 0 aliphatic carbocycles. The van der Waals surface area contributed by atoms with Gasteiger partial charge in [0, 0.05) is 45.0 Å². The highest BCUT2D eigenvalue weighted by molar-refractivity contribution is 5.37. The first kappa shape index (κ1) is 15.3. The lowest BCUT2D eigenvalue weighted by atomic mass is 9.96. The van der Waals surface area contributed by atoms with Crippen LogP contribution in [-0.2, 0) is 13.6 Å². The molecule has 0 unspecified atom stereocenters. The Balaban J connectivity index is 1.67. The first-order valence-corrected chi connectivity index (χ1v) is 7.60. The minimum atomic E-state index is -0.406. The lowest BCUT2D eigenvalue weighted by Crippen LogP contribution is -2.40. The van der Waals surface area contributed by atoms with Crippen molar-refractivity contribution in [3.63, 3.8) is 0 Å². The van der Waals surface area contributed by atoms with Crippen molar-refractivity contribution in [2.45, 2.75) is 19.4 Å². The Labute approximate surface area is 132 Å². The molecule has 8 nitrogen and oxygen atoms in total. The van der Waals surface area contributed by atoms with E-state index in [4.69, 9.17) is 0 Å². The smallest absolute Gasteiger partial charge is 0.329 e. The average Bonchev–Trinajstić information content (AvgIpc) is 2.55. The van der Waals surface area contributed by atoms with E-state index in [0.29, 0.717) is 18.3 Å². The standard InChI is InChI=1S/C15H19N5O3/c1-18-14(22)8-12(17-15(18)23)19-6-3-11(4-7-19)9-20-10-16-5-2-13(20)21/h2,5,8,10-11H,3-4,6-7,9H2,1H3,(H,17,23). The first-order chi connectivity index (χ1) is 11.0. The van der Waals surface area contributed by atoms with Gasteiger partial charge in [0.15, 0.2) is 0 Å². The molecule has 3 heterocycles. The highest BCUT2D eigenvalue weighted by Gasteiger charge is 2.21. The molecule has 1 N–H and O–H groups in total. The fraction of sp³-hybridized carbons (Fsp3) is 0.467. The van der Waals surface area contributed by atoms with E-state index in [2.05, 4.69) is 9.97 Å². The van der Waals surface area contributed by atoms with Gasteiger partial charge < -0.3 is 4.90 Å². The summed E-state index contributed by atoms with van der Waals surface area (Å²) in [7, 11) is 1.45. The van der Waals surface area contributed by atoms with Gasteiger partial charge in [0.05, 0.1) is 6.33 Å². The van der Waals surface area contributed by atoms with E-state index >= 15 is 0 Å². The Morgan fingerprint density at radius 3 is 2.61 bits per heavy atom. The van der Waals surface area contributed by atoms with Gasteiger partial charge in [-0.25, -0.2) is 9.78 Å². The zero-order valence-electron chi connectivity index (χ0n) is 12.9. The summed E-state index contributed by atoms with van der Waals surface area (Å²) in [5.74, 6) is 0.946. The molecule has 2 aromatic heterocycles. The summed E-state index contributed by atoms with van der Waals surface area (Å²) in [6, 6.07) is 2.91. The Kier molecular flexibility index (Phi) is 4.14. The predicted molar refractivity (Wildman–Crippen MR) is 85.7 cm³/mol. The number of H-pyrrole nitrogens is 1. The summed E-state index contributed by atoms with van der Waals surface area (Å²) in [4.78, 5) is 43.8. The third-order valence-electron chi connectivity index (χ3n) is 4.33. The van der Waals surface area contributed by atoms with Gasteiger partial charge in [-0.2, -0.15) is 0 Å². The number of hydrogen-bond donors (Lipinski definition) is 1. The summed E-state index contributed by atoms with van der Waals surface area (Å²) in [6.07, 6.45) is 4.83. The van der Waals surface area contributed by atoms with Gasteiger partial charge in [-0.15, -0.1) is 0 Å². The number of aromatic nitrogens is 4. The van der Waals surface area contributed by atoms with E-state index in [1.54, 1.807) is 10.9 Å². The van der Waals surface area contributed by atoms with Gasteiger partial charge in [-0.3, -0.25) is 23.7 Å². The number of nitrogens with one attached hydrogen (secondary N) is 1. The average molecular weight is 317 g/mol. The number of hydrogen-bond acceptors (Lipinski definition) is 5. The summed E-state index contributed by atoms with van der Waals surface area (Å²) >= 11 is 0. The molecule has 0 atom stereocenters. The number of nitrogens with zero attached hydrogens (tertiary/aromatic N) is 4. The summed E-state index contributed by atoms with van der Waals surface area (Å²) < 4.78 is 2.67. The van der Waals surface area contributed by atoms with E-state index in [1.807, 2.05) is 4.90 Å². The highest BCUT2D eigenvalue weighted by atomic mass is 16.2. The second-order valence-electron chi connectivity index (χ2n) is 5.86. The van der Waals surface area contributed by atoms with Crippen molar-refractivity contribution in [3.8, 4) is 0 Å². The molecular formula is C15H19N5O3. The molecule has 1 aliphatic heterocycles. The van der Waals surface area contributed by atoms with Gasteiger partial charge >= 0.3 is 5.69 Å². The van der Waals surface area contributed by atoms with Crippen LogP contribution in [-0.4, -0.2) is 32.2 Å². The van der Waals surface area contributed by atoms with E-state index in [9.17, 15) is 14.4 Å². The second kappa shape index (κ2) is 6.23. The van der Waals surface area contributed by atoms with Crippen molar-refractivity contribution in [1.82, 2.24) is 19.1 Å². The van der Waals surface area contributed by atoms with E-state index < -0.39 is 5.69 Å². The van der Waals surface area contributed by atoms with Crippen molar-refractivity contribution >= 4 is 5.82 Å². The second-order valence-corrected chi connectivity index (χ2v) is 5.86. The maximum atomic E-state index is 11.7. The number of rotatable bonds is 3. The summed E-state index contributed by atoms with van der Waals surface area (Å²) in [5, 5.41) is 0. The van der Waals surface area contributed by atoms with Gasteiger partial charge in [-0.05, 0) is 18.8 Å². The third-order valence-corrected chi connectivity index (χ3v) is 4.33. The monoisotopic (exact) mass is 317 g/mol. The van der Waals surface area contributed by atoms with Crippen molar-refractivity contribution < 1.29 is 0 Å².